The van der Waals surface area contributed by atoms with Crippen LogP contribution in [0.4, 0.5) is 11.4 Å². The number of carbonyl (C=O) groups is 2. The standard InChI is InChI=1S/C19H18ClN3O5S/c1-10-18(24)22-15-9-13(5-7-16(15)28-10)21-19(25)11-2-6-14(20)17(8-11)29(26,27)23-12-3-4-12/h2,5-10,12,23H,3-4H2,1H3,(H,21,25)(H,22,24). The third kappa shape index (κ3) is 4.21. The summed E-state index contributed by atoms with van der Waals surface area (Å²) >= 11 is 6.05. The Kier molecular flexibility index (Phi) is 4.97. The van der Waals surface area contributed by atoms with Gasteiger partial charge < -0.3 is 15.4 Å². The summed E-state index contributed by atoms with van der Waals surface area (Å²) in [5, 5.41) is 5.42. The van der Waals surface area contributed by atoms with Crippen LogP contribution in [-0.2, 0) is 14.8 Å². The predicted molar refractivity (Wildman–Crippen MR) is 108 cm³/mol. The number of sulfonamides is 1. The first-order chi connectivity index (χ1) is 13.7. The molecule has 8 nitrogen and oxygen atoms in total. The third-order valence-corrected chi connectivity index (χ3v) is 6.55. The molecular formula is C19H18ClN3O5S. The molecule has 0 radical (unpaired) electrons. The van der Waals surface area contributed by atoms with Crippen molar-refractivity contribution < 1.29 is 22.7 Å². The van der Waals surface area contributed by atoms with E-state index in [9.17, 15) is 18.0 Å². The minimum atomic E-state index is -3.81. The van der Waals surface area contributed by atoms with Gasteiger partial charge in [-0.15, -0.1) is 0 Å². The van der Waals surface area contributed by atoms with E-state index in [1.165, 1.54) is 18.2 Å². The van der Waals surface area contributed by atoms with Crippen molar-refractivity contribution in [3.63, 3.8) is 0 Å². The fraction of sp³-hybridized carbons (Fsp3) is 0.263. The van der Waals surface area contributed by atoms with Crippen LogP contribution in [0, 0.1) is 0 Å². The van der Waals surface area contributed by atoms with Gasteiger partial charge in [0.2, 0.25) is 10.0 Å². The molecule has 1 saturated carbocycles. The number of hydrogen-bond donors (Lipinski definition) is 3. The molecule has 1 aliphatic carbocycles. The fourth-order valence-corrected chi connectivity index (χ4v) is 4.66. The molecule has 10 heteroatoms. The van der Waals surface area contributed by atoms with E-state index in [2.05, 4.69) is 15.4 Å². The van der Waals surface area contributed by atoms with E-state index in [4.69, 9.17) is 16.3 Å². The predicted octanol–water partition coefficient (Wildman–Crippen LogP) is 2.75. The maximum absolute atomic E-state index is 12.6. The highest BCUT2D eigenvalue weighted by atomic mass is 35.5. The maximum atomic E-state index is 12.6. The van der Waals surface area contributed by atoms with Gasteiger partial charge in [-0.2, -0.15) is 0 Å². The molecule has 0 spiro atoms. The van der Waals surface area contributed by atoms with Crippen molar-refractivity contribution in [2.24, 2.45) is 0 Å². The van der Waals surface area contributed by atoms with E-state index in [0.717, 1.165) is 12.8 Å². The number of amides is 2. The number of nitrogens with one attached hydrogen (secondary N) is 3. The summed E-state index contributed by atoms with van der Waals surface area (Å²) < 4.78 is 33.0. The van der Waals surface area contributed by atoms with Gasteiger partial charge in [-0.05, 0) is 56.2 Å². The summed E-state index contributed by atoms with van der Waals surface area (Å²) in [6.07, 6.45) is 0.976. The summed E-state index contributed by atoms with van der Waals surface area (Å²) in [5.74, 6) is -0.293. The molecule has 2 aliphatic rings. The first kappa shape index (κ1) is 19.7. The van der Waals surface area contributed by atoms with E-state index in [-0.39, 0.29) is 27.4 Å². The highest BCUT2D eigenvalue weighted by Crippen LogP contribution is 2.32. The minimum Gasteiger partial charge on any atom is -0.479 e. The SMILES string of the molecule is CC1Oc2ccc(NC(=O)c3ccc(Cl)c(S(=O)(=O)NC4CC4)c3)cc2NC1=O. The zero-order valence-electron chi connectivity index (χ0n) is 15.4. The van der Waals surface area contributed by atoms with Crippen molar-refractivity contribution in [3.05, 3.63) is 47.0 Å². The number of ether oxygens (including phenoxy) is 1. The van der Waals surface area contributed by atoms with Crippen LogP contribution in [0.3, 0.4) is 0 Å². The summed E-state index contributed by atoms with van der Waals surface area (Å²) in [5.41, 5.74) is 0.999. The summed E-state index contributed by atoms with van der Waals surface area (Å²) in [6, 6.07) is 8.82. The van der Waals surface area contributed by atoms with Crippen molar-refractivity contribution in [2.45, 2.75) is 36.8 Å². The van der Waals surface area contributed by atoms with Crippen molar-refractivity contribution >= 4 is 44.8 Å². The number of anilines is 2. The van der Waals surface area contributed by atoms with E-state index < -0.39 is 22.0 Å². The normalized spacial score (nSPS) is 18.4. The van der Waals surface area contributed by atoms with E-state index >= 15 is 0 Å². The molecule has 2 aromatic rings. The van der Waals surface area contributed by atoms with Crippen molar-refractivity contribution in [1.82, 2.24) is 4.72 Å². The highest BCUT2D eigenvalue weighted by Gasteiger charge is 2.30. The Hall–Kier alpha value is -2.62. The molecule has 0 saturated heterocycles. The minimum absolute atomic E-state index is 0.0393. The molecule has 152 valence electrons. The lowest BCUT2D eigenvalue weighted by Gasteiger charge is -2.23. The van der Waals surface area contributed by atoms with E-state index in [0.29, 0.717) is 17.1 Å². The monoisotopic (exact) mass is 435 g/mol. The molecule has 4 rings (SSSR count). The van der Waals surface area contributed by atoms with Crippen LogP contribution in [0.15, 0.2) is 41.3 Å². The number of benzene rings is 2. The second kappa shape index (κ2) is 7.33. The van der Waals surface area contributed by atoms with Gasteiger partial charge in [0, 0.05) is 17.3 Å². The molecule has 0 aromatic heterocycles. The van der Waals surface area contributed by atoms with Gasteiger partial charge in [0.05, 0.1) is 10.7 Å². The van der Waals surface area contributed by atoms with Crippen LogP contribution in [0.2, 0.25) is 5.02 Å². The van der Waals surface area contributed by atoms with Gasteiger partial charge in [-0.1, -0.05) is 11.6 Å². The van der Waals surface area contributed by atoms with Crippen LogP contribution in [-0.4, -0.2) is 32.4 Å². The molecule has 2 aromatic carbocycles. The molecule has 2 amide bonds. The molecule has 1 aliphatic heterocycles. The molecule has 0 bridgehead atoms. The smallest absolute Gasteiger partial charge is 0.265 e. The van der Waals surface area contributed by atoms with E-state index in [1.807, 2.05) is 0 Å². The van der Waals surface area contributed by atoms with Crippen LogP contribution >= 0.6 is 11.6 Å². The van der Waals surface area contributed by atoms with E-state index in [1.54, 1.807) is 25.1 Å². The van der Waals surface area contributed by atoms with Gasteiger partial charge in [0.1, 0.15) is 10.6 Å². The zero-order valence-corrected chi connectivity index (χ0v) is 16.9. The fourth-order valence-electron chi connectivity index (χ4n) is 2.82. The molecule has 29 heavy (non-hydrogen) atoms. The Morgan fingerprint density at radius 2 is 1.97 bits per heavy atom. The van der Waals surface area contributed by atoms with Crippen LogP contribution in [0.1, 0.15) is 30.1 Å². The largest absolute Gasteiger partial charge is 0.479 e. The van der Waals surface area contributed by atoms with Crippen LogP contribution in [0.5, 0.6) is 5.75 Å². The number of rotatable bonds is 5. The van der Waals surface area contributed by atoms with Gasteiger partial charge in [0.15, 0.2) is 6.10 Å². The lowest BCUT2D eigenvalue weighted by atomic mass is 10.2. The first-order valence-corrected chi connectivity index (χ1v) is 10.8. The Balaban J connectivity index is 1.55. The number of carbonyl (C=O) groups excluding carboxylic acids is 2. The van der Waals surface area contributed by atoms with Crippen molar-refractivity contribution in [3.8, 4) is 5.75 Å². The Morgan fingerprint density at radius 1 is 1.21 bits per heavy atom. The van der Waals surface area contributed by atoms with Gasteiger partial charge >= 0.3 is 0 Å². The second-order valence-corrected chi connectivity index (χ2v) is 9.04. The topological polar surface area (TPSA) is 114 Å². The lowest BCUT2D eigenvalue weighted by molar-refractivity contribution is -0.122. The second-order valence-electron chi connectivity index (χ2n) is 6.96. The molecule has 1 heterocycles. The van der Waals surface area contributed by atoms with Gasteiger partial charge in [0.25, 0.3) is 11.8 Å². The average molecular weight is 436 g/mol. The van der Waals surface area contributed by atoms with Crippen molar-refractivity contribution in [2.75, 3.05) is 10.6 Å². The zero-order chi connectivity index (χ0) is 20.8. The number of fused-ring (bicyclic) bond motifs is 1. The first-order valence-electron chi connectivity index (χ1n) is 8.98. The third-order valence-electron chi connectivity index (χ3n) is 4.55. The summed E-state index contributed by atoms with van der Waals surface area (Å²) in [7, 11) is -3.81. The molecule has 1 atom stereocenters. The Labute approximate surface area is 172 Å². The Morgan fingerprint density at radius 3 is 2.69 bits per heavy atom. The average Bonchev–Trinajstić information content (AvgIpc) is 3.46. The summed E-state index contributed by atoms with van der Waals surface area (Å²) in [6.45, 7) is 1.64. The molecule has 1 fully saturated rings. The lowest BCUT2D eigenvalue weighted by Crippen LogP contribution is -2.34. The Bertz CT molecular complexity index is 1110. The quantitative estimate of drug-likeness (QED) is 0.668. The molecule has 1 unspecified atom stereocenters. The molecular weight excluding hydrogens is 418 g/mol. The van der Waals surface area contributed by atoms with Gasteiger partial charge in [-0.25, -0.2) is 13.1 Å². The van der Waals surface area contributed by atoms with Gasteiger partial charge in [-0.3, -0.25) is 9.59 Å². The number of hydrogen-bond acceptors (Lipinski definition) is 5. The number of halogens is 1. The highest BCUT2D eigenvalue weighted by molar-refractivity contribution is 7.89. The van der Waals surface area contributed by atoms with Crippen molar-refractivity contribution in [1.29, 1.82) is 0 Å². The van der Waals surface area contributed by atoms with Crippen LogP contribution in [0.25, 0.3) is 0 Å². The van der Waals surface area contributed by atoms with Crippen LogP contribution < -0.4 is 20.1 Å². The summed E-state index contributed by atoms with van der Waals surface area (Å²) in [4.78, 5) is 24.3. The maximum Gasteiger partial charge on any atom is 0.265 e. The molecule has 3 N–H and O–H groups in total.